The number of benzene rings is 2. The lowest BCUT2D eigenvalue weighted by molar-refractivity contribution is 0.0938. The van der Waals surface area contributed by atoms with E-state index in [4.69, 9.17) is 16.3 Å². The molecule has 8 heteroatoms. The van der Waals surface area contributed by atoms with Gasteiger partial charge in [-0.1, -0.05) is 24.9 Å². The summed E-state index contributed by atoms with van der Waals surface area (Å²) in [5.41, 5.74) is 1.06. The molecule has 0 saturated heterocycles. The molecule has 1 atom stereocenters. The Morgan fingerprint density at radius 2 is 1.86 bits per heavy atom. The van der Waals surface area contributed by atoms with Crippen LogP contribution in [0.4, 0.5) is 0 Å². The fourth-order valence-electron chi connectivity index (χ4n) is 2.97. The second-order valence-corrected chi connectivity index (χ2v) is 9.39. The van der Waals surface area contributed by atoms with Gasteiger partial charge in [-0.3, -0.25) is 4.79 Å². The van der Waals surface area contributed by atoms with Crippen molar-refractivity contribution in [1.82, 2.24) is 9.62 Å². The maximum Gasteiger partial charge on any atom is 0.251 e. The van der Waals surface area contributed by atoms with E-state index in [1.54, 1.807) is 18.2 Å². The molecular weight excluding hydrogens is 412 g/mol. The summed E-state index contributed by atoms with van der Waals surface area (Å²) < 4.78 is 32.3. The zero-order valence-corrected chi connectivity index (χ0v) is 18.7. The number of methoxy groups -OCH3 is 1. The number of amides is 1. The smallest absolute Gasteiger partial charge is 0.251 e. The summed E-state index contributed by atoms with van der Waals surface area (Å²) in [6.07, 6.45) is 1.86. The van der Waals surface area contributed by atoms with Crippen LogP contribution in [-0.4, -0.2) is 38.8 Å². The van der Waals surface area contributed by atoms with Crippen LogP contribution >= 0.6 is 11.6 Å². The summed E-state index contributed by atoms with van der Waals surface area (Å²) in [5, 5.41) is 3.41. The Bertz CT molecular complexity index is 946. The molecule has 158 valence electrons. The monoisotopic (exact) mass is 438 g/mol. The van der Waals surface area contributed by atoms with Crippen molar-refractivity contribution in [1.29, 1.82) is 0 Å². The zero-order chi connectivity index (χ0) is 21.6. The van der Waals surface area contributed by atoms with Crippen LogP contribution in [0.25, 0.3) is 0 Å². The fraction of sp³-hybridized carbons (Fsp3) is 0.381. The van der Waals surface area contributed by atoms with Crippen LogP contribution < -0.4 is 10.1 Å². The first kappa shape index (κ1) is 23.2. The van der Waals surface area contributed by atoms with Gasteiger partial charge in [0.05, 0.1) is 12.0 Å². The van der Waals surface area contributed by atoms with E-state index in [2.05, 4.69) is 12.2 Å². The Morgan fingerprint density at radius 3 is 2.45 bits per heavy atom. The molecule has 2 aromatic carbocycles. The molecule has 0 spiro atoms. The molecule has 0 bridgehead atoms. The highest BCUT2D eigenvalue weighted by atomic mass is 35.5. The molecule has 1 amide bonds. The quantitative estimate of drug-likeness (QED) is 0.639. The van der Waals surface area contributed by atoms with E-state index in [1.165, 1.54) is 42.7 Å². The number of carbonyl (C=O) groups excluding carboxylic acids is 1. The third kappa shape index (κ3) is 5.95. The van der Waals surface area contributed by atoms with Crippen LogP contribution in [0.3, 0.4) is 0 Å². The predicted molar refractivity (Wildman–Crippen MR) is 115 cm³/mol. The molecule has 6 nitrogen and oxygen atoms in total. The van der Waals surface area contributed by atoms with Gasteiger partial charge in [0.2, 0.25) is 10.0 Å². The van der Waals surface area contributed by atoms with Crippen molar-refractivity contribution in [3.8, 4) is 5.75 Å². The summed E-state index contributed by atoms with van der Waals surface area (Å²) in [4.78, 5) is 12.7. The number of rotatable bonds is 9. The Labute approximate surface area is 177 Å². The summed E-state index contributed by atoms with van der Waals surface area (Å²) in [6.45, 7) is 4.07. The maximum atomic E-state index is 12.8. The lowest BCUT2D eigenvalue weighted by Crippen LogP contribution is -2.32. The molecule has 0 heterocycles. The highest BCUT2D eigenvalue weighted by Crippen LogP contribution is 2.25. The number of nitrogens with one attached hydrogen (secondary N) is 1. The summed E-state index contributed by atoms with van der Waals surface area (Å²) >= 11 is 5.85. The highest BCUT2D eigenvalue weighted by molar-refractivity contribution is 7.89. The fourth-order valence-corrected chi connectivity index (χ4v) is 4.24. The average molecular weight is 439 g/mol. The maximum absolute atomic E-state index is 12.8. The Morgan fingerprint density at radius 1 is 1.21 bits per heavy atom. The first-order chi connectivity index (χ1) is 13.7. The lowest BCUT2D eigenvalue weighted by Gasteiger charge is -2.20. The molecule has 0 aliphatic rings. The molecule has 0 aliphatic heterocycles. The summed E-state index contributed by atoms with van der Waals surface area (Å²) in [7, 11) is -0.725. The molecular formula is C21H27ClN2O4S. The summed E-state index contributed by atoms with van der Waals surface area (Å²) in [5.74, 6) is 0.319. The van der Waals surface area contributed by atoms with Gasteiger partial charge >= 0.3 is 0 Å². The van der Waals surface area contributed by atoms with Crippen LogP contribution in [0.15, 0.2) is 47.4 Å². The van der Waals surface area contributed by atoms with Gasteiger partial charge in [-0.05, 0) is 55.8 Å². The Hall–Kier alpha value is -2.09. The van der Waals surface area contributed by atoms with E-state index in [1.807, 2.05) is 6.92 Å². The number of nitrogens with zero attached hydrogens (tertiary/aromatic N) is 1. The minimum atomic E-state index is -3.72. The van der Waals surface area contributed by atoms with Gasteiger partial charge < -0.3 is 10.1 Å². The molecule has 2 rings (SSSR count). The van der Waals surface area contributed by atoms with E-state index in [0.717, 1.165) is 12.8 Å². The standard InChI is InChI=1S/C21H27ClN2O4S/c1-5-6-15(2)23-21(25)16-7-12-20(28-4)17(13-16)14-24(3)29(26,27)19-10-8-18(22)9-11-19/h7-13,15H,5-6,14H2,1-4H3,(H,23,25)/t15-/m1/s1. The van der Waals surface area contributed by atoms with Crippen molar-refractivity contribution in [2.75, 3.05) is 14.2 Å². The van der Waals surface area contributed by atoms with Crippen molar-refractivity contribution < 1.29 is 17.9 Å². The van der Waals surface area contributed by atoms with Gasteiger partial charge in [0.25, 0.3) is 5.91 Å². The number of halogens is 1. The number of sulfonamides is 1. The van der Waals surface area contributed by atoms with E-state index in [9.17, 15) is 13.2 Å². The van der Waals surface area contributed by atoms with Crippen molar-refractivity contribution >= 4 is 27.5 Å². The highest BCUT2D eigenvalue weighted by Gasteiger charge is 2.23. The molecule has 0 radical (unpaired) electrons. The van der Waals surface area contributed by atoms with Crippen molar-refractivity contribution in [3.05, 3.63) is 58.6 Å². The molecule has 0 unspecified atom stereocenters. The van der Waals surface area contributed by atoms with E-state index < -0.39 is 10.0 Å². The first-order valence-corrected chi connectivity index (χ1v) is 11.2. The Balaban J connectivity index is 2.26. The Kier molecular flexibility index (Phi) is 8.07. The average Bonchev–Trinajstić information content (AvgIpc) is 2.68. The van der Waals surface area contributed by atoms with Gasteiger partial charge in [0.15, 0.2) is 0 Å². The number of carbonyl (C=O) groups is 1. The van der Waals surface area contributed by atoms with E-state index >= 15 is 0 Å². The van der Waals surface area contributed by atoms with E-state index in [-0.39, 0.29) is 23.4 Å². The molecule has 2 aromatic rings. The van der Waals surface area contributed by atoms with Crippen molar-refractivity contribution in [3.63, 3.8) is 0 Å². The minimum absolute atomic E-state index is 0.0553. The first-order valence-electron chi connectivity index (χ1n) is 9.38. The number of hydrogen-bond donors (Lipinski definition) is 1. The molecule has 29 heavy (non-hydrogen) atoms. The SMILES string of the molecule is CCC[C@@H](C)NC(=O)c1ccc(OC)c(CN(C)S(=O)(=O)c2ccc(Cl)cc2)c1. The van der Waals surface area contributed by atoms with Crippen LogP contribution in [-0.2, 0) is 16.6 Å². The van der Waals surface area contributed by atoms with Crippen LogP contribution in [0, 0.1) is 0 Å². The van der Waals surface area contributed by atoms with Gasteiger partial charge in [-0.25, -0.2) is 8.42 Å². The predicted octanol–water partition coefficient (Wildman–Crippen LogP) is 4.09. The minimum Gasteiger partial charge on any atom is -0.496 e. The third-order valence-corrected chi connectivity index (χ3v) is 6.63. The summed E-state index contributed by atoms with van der Waals surface area (Å²) in [6, 6.07) is 11.1. The van der Waals surface area contributed by atoms with Crippen molar-refractivity contribution in [2.24, 2.45) is 0 Å². The van der Waals surface area contributed by atoms with Crippen LogP contribution in [0.2, 0.25) is 5.02 Å². The number of hydrogen-bond acceptors (Lipinski definition) is 4. The second kappa shape index (κ2) is 10.1. The third-order valence-electron chi connectivity index (χ3n) is 4.56. The van der Waals surface area contributed by atoms with Crippen LogP contribution in [0.1, 0.15) is 42.6 Å². The lowest BCUT2D eigenvalue weighted by atomic mass is 10.1. The number of ether oxygens (including phenoxy) is 1. The van der Waals surface area contributed by atoms with E-state index in [0.29, 0.717) is 21.9 Å². The molecule has 0 fully saturated rings. The zero-order valence-electron chi connectivity index (χ0n) is 17.1. The molecule has 1 N–H and O–H groups in total. The van der Waals surface area contributed by atoms with Gasteiger partial charge in [0, 0.05) is 35.8 Å². The van der Waals surface area contributed by atoms with Gasteiger partial charge in [-0.15, -0.1) is 0 Å². The largest absolute Gasteiger partial charge is 0.496 e. The molecule has 0 saturated carbocycles. The normalized spacial score (nSPS) is 12.6. The molecule has 0 aromatic heterocycles. The van der Waals surface area contributed by atoms with Crippen molar-refractivity contribution in [2.45, 2.75) is 44.2 Å². The van der Waals surface area contributed by atoms with Gasteiger partial charge in [0.1, 0.15) is 5.75 Å². The second-order valence-electron chi connectivity index (χ2n) is 6.90. The molecule has 0 aliphatic carbocycles. The topological polar surface area (TPSA) is 75.7 Å². The van der Waals surface area contributed by atoms with Crippen LogP contribution in [0.5, 0.6) is 5.75 Å². The van der Waals surface area contributed by atoms with Gasteiger partial charge in [-0.2, -0.15) is 4.31 Å².